The number of hydrogen-bond donors (Lipinski definition) is 2. The van der Waals surface area contributed by atoms with Gasteiger partial charge in [-0.25, -0.2) is 8.42 Å². The van der Waals surface area contributed by atoms with Crippen molar-refractivity contribution < 1.29 is 13.2 Å². The molecule has 2 heterocycles. The first-order valence-corrected chi connectivity index (χ1v) is 8.57. The van der Waals surface area contributed by atoms with Gasteiger partial charge in [0.15, 0.2) is 0 Å². The lowest BCUT2D eigenvalue weighted by atomic mass is 10.0. The molecule has 8 heteroatoms. The zero-order valence-corrected chi connectivity index (χ0v) is 14.0. The Morgan fingerprint density at radius 3 is 2.77 bits per heavy atom. The third-order valence-electron chi connectivity index (χ3n) is 3.98. The molecule has 0 saturated carbocycles. The van der Waals surface area contributed by atoms with Crippen LogP contribution in [0.15, 0.2) is 23.1 Å². The summed E-state index contributed by atoms with van der Waals surface area (Å²) >= 11 is 0. The van der Waals surface area contributed by atoms with Crippen molar-refractivity contribution in [2.45, 2.75) is 24.3 Å². The molecule has 122 valence electrons. The molecule has 1 atom stereocenters. The number of benzene rings is 1. The summed E-state index contributed by atoms with van der Waals surface area (Å²) in [4.78, 5) is 12.1. The Hall–Kier alpha value is -1.15. The van der Waals surface area contributed by atoms with Crippen LogP contribution in [-0.4, -0.2) is 50.9 Å². The second kappa shape index (κ2) is 6.54. The first kappa shape index (κ1) is 17.2. The zero-order valence-electron chi connectivity index (χ0n) is 12.3. The third kappa shape index (κ3) is 3.12. The minimum absolute atomic E-state index is 0. The van der Waals surface area contributed by atoms with Crippen LogP contribution in [0, 0.1) is 0 Å². The van der Waals surface area contributed by atoms with E-state index in [1.807, 2.05) is 6.92 Å². The molecule has 1 unspecified atom stereocenters. The third-order valence-corrected chi connectivity index (χ3v) is 5.84. The van der Waals surface area contributed by atoms with E-state index in [0.29, 0.717) is 31.7 Å². The predicted octanol–water partition coefficient (Wildman–Crippen LogP) is 0.377. The summed E-state index contributed by atoms with van der Waals surface area (Å²) in [5, 5.41) is 5.97. The van der Waals surface area contributed by atoms with Gasteiger partial charge in [-0.15, -0.1) is 12.4 Å². The Bertz CT molecular complexity index is 678. The fourth-order valence-electron chi connectivity index (χ4n) is 2.82. The van der Waals surface area contributed by atoms with Crippen molar-refractivity contribution in [3.63, 3.8) is 0 Å². The maximum atomic E-state index is 12.7. The number of amides is 1. The molecular formula is C14H20ClN3O3S. The molecule has 3 rings (SSSR count). The quantitative estimate of drug-likeness (QED) is 0.812. The molecular weight excluding hydrogens is 326 g/mol. The molecule has 22 heavy (non-hydrogen) atoms. The Kier molecular flexibility index (Phi) is 5.11. The van der Waals surface area contributed by atoms with Crippen LogP contribution >= 0.6 is 12.4 Å². The molecule has 1 aromatic rings. The summed E-state index contributed by atoms with van der Waals surface area (Å²) in [6.45, 7) is 4.11. The standard InChI is InChI=1S/C14H19N3O3S.ClH/c1-10-9-17(7-6-15-10)21(19,20)12-3-2-11-4-5-16-14(18)13(11)8-12;/h2-3,8,10,15H,4-7,9H2,1H3,(H,16,18);1H. The molecule has 0 aromatic heterocycles. The number of halogens is 1. The summed E-state index contributed by atoms with van der Waals surface area (Å²) < 4.78 is 26.9. The highest BCUT2D eigenvalue weighted by molar-refractivity contribution is 7.89. The molecule has 2 N–H and O–H groups in total. The Balaban J connectivity index is 0.00000176. The average molecular weight is 346 g/mol. The smallest absolute Gasteiger partial charge is 0.251 e. The van der Waals surface area contributed by atoms with E-state index in [-0.39, 0.29) is 29.3 Å². The van der Waals surface area contributed by atoms with Crippen molar-refractivity contribution in [1.82, 2.24) is 14.9 Å². The largest absolute Gasteiger partial charge is 0.352 e. The molecule has 6 nitrogen and oxygen atoms in total. The van der Waals surface area contributed by atoms with Crippen molar-refractivity contribution >= 4 is 28.3 Å². The molecule has 0 aliphatic carbocycles. The SMILES string of the molecule is CC1CN(S(=O)(=O)c2ccc3c(c2)C(=O)NCC3)CCN1.Cl. The molecule has 1 aromatic carbocycles. The van der Waals surface area contributed by atoms with Crippen LogP contribution in [0.25, 0.3) is 0 Å². The number of piperazine rings is 1. The predicted molar refractivity (Wildman–Crippen MR) is 86.0 cm³/mol. The summed E-state index contributed by atoms with van der Waals surface area (Å²) in [6, 6.07) is 5.01. The van der Waals surface area contributed by atoms with E-state index in [2.05, 4.69) is 10.6 Å². The highest BCUT2D eigenvalue weighted by atomic mass is 35.5. The second-order valence-electron chi connectivity index (χ2n) is 5.54. The van der Waals surface area contributed by atoms with Gasteiger partial charge in [-0.2, -0.15) is 4.31 Å². The molecule has 2 aliphatic rings. The van der Waals surface area contributed by atoms with Crippen molar-refractivity contribution in [1.29, 1.82) is 0 Å². The summed E-state index contributed by atoms with van der Waals surface area (Å²) in [6.07, 6.45) is 0.742. The fourth-order valence-corrected chi connectivity index (χ4v) is 4.37. The van der Waals surface area contributed by atoms with E-state index >= 15 is 0 Å². The van der Waals surface area contributed by atoms with Gasteiger partial charge in [0.2, 0.25) is 10.0 Å². The normalized spacial score (nSPS) is 22.4. The van der Waals surface area contributed by atoms with Crippen LogP contribution in [0.4, 0.5) is 0 Å². The van der Waals surface area contributed by atoms with Gasteiger partial charge in [0.25, 0.3) is 5.91 Å². The molecule has 0 radical (unpaired) electrons. The van der Waals surface area contributed by atoms with Gasteiger partial charge in [-0.1, -0.05) is 6.07 Å². The highest BCUT2D eigenvalue weighted by Gasteiger charge is 2.29. The highest BCUT2D eigenvalue weighted by Crippen LogP contribution is 2.22. The van der Waals surface area contributed by atoms with Crippen LogP contribution in [0.5, 0.6) is 0 Å². The van der Waals surface area contributed by atoms with E-state index in [9.17, 15) is 13.2 Å². The fraction of sp³-hybridized carbons (Fsp3) is 0.500. The van der Waals surface area contributed by atoms with Crippen molar-refractivity contribution in [2.24, 2.45) is 0 Å². The summed E-state index contributed by atoms with van der Waals surface area (Å²) in [5.74, 6) is -0.193. The number of nitrogens with zero attached hydrogens (tertiary/aromatic N) is 1. The van der Waals surface area contributed by atoms with Crippen LogP contribution in [0.3, 0.4) is 0 Å². The zero-order chi connectivity index (χ0) is 15.0. The lowest BCUT2D eigenvalue weighted by Crippen LogP contribution is -2.51. The number of hydrogen-bond acceptors (Lipinski definition) is 4. The van der Waals surface area contributed by atoms with Gasteiger partial charge < -0.3 is 10.6 Å². The first-order valence-electron chi connectivity index (χ1n) is 7.13. The molecule has 1 amide bonds. The van der Waals surface area contributed by atoms with Crippen LogP contribution in [0.1, 0.15) is 22.8 Å². The molecule has 1 fully saturated rings. The number of fused-ring (bicyclic) bond motifs is 1. The first-order chi connectivity index (χ1) is 9.98. The van der Waals surface area contributed by atoms with Gasteiger partial charge in [0, 0.05) is 37.8 Å². The van der Waals surface area contributed by atoms with E-state index in [0.717, 1.165) is 12.0 Å². The Labute approximate surface area is 136 Å². The van der Waals surface area contributed by atoms with Gasteiger partial charge in [-0.05, 0) is 31.0 Å². The number of rotatable bonds is 2. The van der Waals surface area contributed by atoms with E-state index in [1.54, 1.807) is 12.1 Å². The van der Waals surface area contributed by atoms with Gasteiger partial charge in [0.1, 0.15) is 0 Å². The van der Waals surface area contributed by atoms with E-state index in [4.69, 9.17) is 0 Å². The molecule has 0 bridgehead atoms. The van der Waals surface area contributed by atoms with E-state index in [1.165, 1.54) is 10.4 Å². The number of carbonyl (C=O) groups is 1. The number of sulfonamides is 1. The minimum atomic E-state index is -3.54. The summed E-state index contributed by atoms with van der Waals surface area (Å²) in [7, 11) is -3.54. The monoisotopic (exact) mass is 345 g/mol. The topological polar surface area (TPSA) is 78.5 Å². The van der Waals surface area contributed by atoms with E-state index < -0.39 is 10.0 Å². The maximum absolute atomic E-state index is 12.7. The number of nitrogens with one attached hydrogen (secondary N) is 2. The summed E-state index contributed by atoms with van der Waals surface area (Å²) in [5.41, 5.74) is 1.39. The molecule has 1 saturated heterocycles. The minimum Gasteiger partial charge on any atom is -0.352 e. The van der Waals surface area contributed by atoms with Crippen LogP contribution in [0.2, 0.25) is 0 Å². The second-order valence-corrected chi connectivity index (χ2v) is 7.48. The molecule has 2 aliphatic heterocycles. The van der Waals surface area contributed by atoms with Gasteiger partial charge >= 0.3 is 0 Å². The lowest BCUT2D eigenvalue weighted by Gasteiger charge is -2.31. The van der Waals surface area contributed by atoms with Gasteiger partial charge in [0.05, 0.1) is 4.90 Å². The Morgan fingerprint density at radius 2 is 2.05 bits per heavy atom. The maximum Gasteiger partial charge on any atom is 0.251 e. The van der Waals surface area contributed by atoms with Crippen molar-refractivity contribution in [3.8, 4) is 0 Å². The van der Waals surface area contributed by atoms with Crippen molar-refractivity contribution in [2.75, 3.05) is 26.2 Å². The molecule has 0 spiro atoms. The van der Waals surface area contributed by atoms with Gasteiger partial charge in [-0.3, -0.25) is 4.79 Å². The average Bonchev–Trinajstić information content (AvgIpc) is 2.47. The lowest BCUT2D eigenvalue weighted by molar-refractivity contribution is 0.0945. The Morgan fingerprint density at radius 1 is 1.27 bits per heavy atom. The van der Waals surface area contributed by atoms with Crippen LogP contribution in [-0.2, 0) is 16.4 Å². The number of carbonyl (C=O) groups excluding carboxylic acids is 1. The van der Waals surface area contributed by atoms with Crippen LogP contribution < -0.4 is 10.6 Å². The van der Waals surface area contributed by atoms with Crippen molar-refractivity contribution in [3.05, 3.63) is 29.3 Å².